The molecule has 2 aromatic rings. The van der Waals surface area contributed by atoms with Gasteiger partial charge in [-0.2, -0.15) is 13.2 Å². The van der Waals surface area contributed by atoms with Gasteiger partial charge in [0.05, 0.1) is 5.56 Å². The van der Waals surface area contributed by atoms with Crippen LogP contribution in [0.3, 0.4) is 0 Å². The molecule has 0 amide bonds. The van der Waals surface area contributed by atoms with Crippen LogP contribution >= 0.6 is 0 Å². The highest BCUT2D eigenvalue weighted by Crippen LogP contribution is 2.34. The number of rotatable bonds is 4. The standard InChI is InChI=1S/C16H16F3N/c1-2-12-7-3-4-8-13(12)11-20-15-10-6-5-9-14(15)16(17,18)19/h3-10,20H,2,11H2,1H3. The Kier molecular flexibility index (Phi) is 4.32. The van der Waals surface area contributed by atoms with Crippen LogP contribution in [0.25, 0.3) is 0 Å². The molecule has 0 bridgehead atoms. The lowest BCUT2D eigenvalue weighted by Crippen LogP contribution is -2.11. The highest BCUT2D eigenvalue weighted by molar-refractivity contribution is 5.53. The second kappa shape index (κ2) is 5.99. The van der Waals surface area contributed by atoms with E-state index in [0.717, 1.165) is 23.6 Å². The first-order valence-electron chi connectivity index (χ1n) is 6.49. The van der Waals surface area contributed by atoms with E-state index in [-0.39, 0.29) is 5.69 Å². The van der Waals surface area contributed by atoms with Gasteiger partial charge in [-0.15, -0.1) is 0 Å². The average Bonchev–Trinajstić information content (AvgIpc) is 2.44. The van der Waals surface area contributed by atoms with Crippen LogP contribution in [-0.2, 0) is 19.1 Å². The molecule has 1 nitrogen and oxygen atoms in total. The number of para-hydroxylation sites is 1. The Morgan fingerprint density at radius 1 is 0.900 bits per heavy atom. The summed E-state index contributed by atoms with van der Waals surface area (Å²) >= 11 is 0. The van der Waals surface area contributed by atoms with Gasteiger partial charge >= 0.3 is 6.18 Å². The molecule has 2 aromatic carbocycles. The molecular formula is C16H16F3N. The molecule has 20 heavy (non-hydrogen) atoms. The predicted octanol–water partition coefficient (Wildman–Crippen LogP) is 4.88. The number of hydrogen-bond donors (Lipinski definition) is 1. The second-order valence-electron chi connectivity index (χ2n) is 4.52. The van der Waals surface area contributed by atoms with E-state index in [2.05, 4.69) is 5.32 Å². The summed E-state index contributed by atoms with van der Waals surface area (Å²) in [5, 5.41) is 2.89. The molecule has 0 saturated heterocycles. The van der Waals surface area contributed by atoms with Crippen molar-refractivity contribution in [2.45, 2.75) is 26.1 Å². The summed E-state index contributed by atoms with van der Waals surface area (Å²) in [4.78, 5) is 0. The molecule has 0 fully saturated rings. The van der Waals surface area contributed by atoms with Crippen LogP contribution in [0, 0.1) is 0 Å². The van der Waals surface area contributed by atoms with E-state index < -0.39 is 11.7 Å². The number of nitrogens with one attached hydrogen (secondary N) is 1. The molecule has 0 atom stereocenters. The summed E-state index contributed by atoms with van der Waals surface area (Å²) in [5.41, 5.74) is 1.65. The summed E-state index contributed by atoms with van der Waals surface area (Å²) in [7, 11) is 0. The zero-order chi connectivity index (χ0) is 14.6. The van der Waals surface area contributed by atoms with Gasteiger partial charge in [0.15, 0.2) is 0 Å². The summed E-state index contributed by atoms with van der Waals surface area (Å²) in [6, 6.07) is 13.3. The molecule has 0 aromatic heterocycles. The van der Waals surface area contributed by atoms with Crippen molar-refractivity contribution >= 4 is 5.69 Å². The maximum atomic E-state index is 12.9. The van der Waals surface area contributed by atoms with E-state index in [4.69, 9.17) is 0 Å². The smallest absolute Gasteiger partial charge is 0.380 e. The number of alkyl halides is 3. The van der Waals surface area contributed by atoms with E-state index in [1.54, 1.807) is 6.07 Å². The first kappa shape index (κ1) is 14.4. The first-order valence-corrected chi connectivity index (χ1v) is 6.49. The number of anilines is 1. The van der Waals surface area contributed by atoms with Crippen LogP contribution in [0.2, 0.25) is 0 Å². The maximum Gasteiger partial charge on any atom is 0.418 e. The maximum absolute atomic E-state index is 12.9. The number of aryl methyl sites for hydroxylation is 1. The average molecular weight is 279 g/mol. The van der Waals surface area contributed by atoms with Crippen LogP contribution < -0.4 is 5.32 Å². The molecule has 0 saturated carbocycles. The van der Waals surface area contributed by atoms with Crippen LogP contribution in [0.1, 0.15) is 23.6 Å². The van der Waals surface area contributed by atoms with Gasteiger partial charge in [0.1, 0.15) is 0 Å². The zero-order valence-corrected chi connectivity index (χ0v) is 11.2. The van der Waals surface area contributed by atoms with Crippen molar-refractivity contribution in [1.29, 1.82) is 0 Å². The van der Waals surface area contributed by atoms with Crippen molar-refractivity contribution in [1.82, 2.24) is 0 Å². The van der Waals surface area contributed by atoms with Crippen molar-refractivity contribution in [2.24, 2.45) is 0 Å². The summed E-state index contributed by atoms with van der Waals surface area (Å²) in [5.74, 6) is 0. The second-order valence-corrected chi connectivity index (χ2v) is 4.52. The Balaban J connectivity index is 2.20. The molecule has 106 valence electrons. The normalized spacial score (nSPS) is 11.4. The fourth-order valence-electron chi connectivity index (χ4n) is 2.15. The third-order valence-corrected chi connectivity index (χ3v) is 3.20. The monoisotopic (exact) mass is 279 g/mol. The molecule has 0 unspecified atom stereocenters. The summed E-state index contributed by atoms with van der Waals surface area (Å²) < 4.78 is 38.6. The third-order valence-electron chi connectivity index (χ3n) is 3.20. The lowest BCUT2D eigenvalue weighted by molar-refractivity contribution is -0.136. The van der Waals surface area contributed by atoms with Gasteiger partial charge in [0.25, 0.3) is 0 Å². The highest BCUT2D eigenvalue weighted by atomic mass is 19.4. The Morgan fingerprint density at radius 2 is 1.50 bits per heavy atom. The van der Waals surface area contributed by atoms with Crippen molar-refractivity contribution in [3.63, 3.8) is 0 Å². The first-order chi connectivity index (χ1) is 9.52. The lowest BCUT2D eigenvalue weighted by Gasteiger charge is -2.15. The topological polar surface area (TPSA) is 12.0 Å². The van der Waals surface area contributed by atoms with E-state index in [1.807, 2.05) is 31.2 Å². The Bertz CT molecular complexity index is 576. The van der Waals surface area contributed by atoms with E-state index in [9.17, 15) is 13.2 Å². The minimum Gasteiger partial charge on any atom is -0.380 e. The molecular weight excluding hydrogens is 263 g/mol. The fourth-order valence-corrected chi connectivity index (χ4v) is 2.15. The van der Waals surface area contributed by atoms with Crippen molar-refractivity contribution < 1.29 is 13.2 Å². The minimum atomic E-state index is -4.34. The summed E-state index contributed by atoms with van der Waals surface area (Å²) in [6.45, 7) is 2.42. The minimum absolute atomic E-state index is 0.117. The van der Waals surface area contributed by atoms with Crippen LogP contribution in [0.4, 0.5) is 18.9 Å². The predicted molar refractivity (Wildman–Crippen MR) is 74.6 cm³/mol. The molecule has 0 aliphatic rings. The summed E-state index contributed by atoms with van der Waals surface area (Å²) in [6.07, 6.45) is -3.48. The molecule has 4 heteroatoms. The zero-order valence-electron chi connectivity index (χ0n) is 11.2. The molecule has 0 radical (unpaired) electrons. The molecule has 1 N–H and O–H groups in total. The van der Waals surface area contributed by atoms with Crippen LogP contribution in [0.15, 0.2) is 48.5 Å². The van der Waals surface area contributed by atoms with Gasteiger partial charge in [-0.1, -0.05) is 43.3 Å². The van der Waals surface area contributed by atoms with Gasteiger partial charge in [-0.05, 0) is 29.7 Å². The number of hydrogen-bond acceptors (Lipinski definition) is 1. The number of benzene rings is 2. The largest absolute Gasteiger partial charge is 0.418 e. The van der Waals surface area contributed by atoms with E-state index in [0.29, 0.717) is 6.54 Å². The van der Waals surface area contributed by atoms with Crippen LogP contribution in [-0.4, -0.2) is 0 Å². The Morgan fingerprint density at radius 3 is 2.15 bits per heavy atom. The molecule has 0 heterocycles. The Labute approximate surface area is 116 Å². The van der Waals surface area contributed by atoms with E-state index >= 15 is 0 Å². The van der Waals surface area contributed by atoms with Crippen molar-refractivity contribution in [2.75, 3.05) is 5.32 Å². The van der Waals surface area contributed by atoms with Crippen molar-refractivity contribution in [3.05, 3.63) is 65.2 Å². The third kappa shape index (κ3) is 3.32. The number of halogens is 3. The van der Waals surface area contributed by atoms with Gasteiger partial charge in [-0.3, -0.25) is 0 Å². The molecule has 2 rings (SSSR count). The van der Waals surface area contributed by atoms with Gasteiger partial charge in [0.2, 0.25) is 0 Å². The molecule has 0 aliphatic heterocycles. The quantitative estimate of drug-likeness (QED) is 0.841. The van der Waals surface area contributed by atoms with Gasteiger partial charge in [-0.25, -0.2) is 0 Å². The SMILES string of the molecule is CCc1ccccc1CNc1ccccc1C(F)(F)F. The fraction of sp³-hybridized carbons (Fsp3) is 0.250. The molecule has 0 spiro atoms. The van der Waals surface area contributed by atoms with Crippen molar-refractivity contribution in [3.8, 4) is 0 Å². The van der Waals surface area contributed by atoms with E-state index in [1.165, 1.54) is 12.1 Å². The van der Waals surface area contributed by atoms with Crippen LogP contribution in [0.5, 0.6) is 0 Å². The Hall–Kier alpha value is -1.97. The highest BCUT2D eigenvalue weighted by Gasteiger charge is 2.32. The van der Waals surface area contributed by atoms with Gasteiger partial charge in [0, 0.05) is 12.2 Å². The molecule has 0 aliphatic carbocycles. The lowest BCUT2D eigenvalue weighted by atomic mass is 10.0. The van der Waals surface area contributed by atoms with Gasteiger partial charge < -0.3 is 5.32 Å².